The molecule has 102 valence electrons. The standard InChI is InChI=1S/C14H17BrN2O2/c15-12-9(2-1-3-10(12)16)14(18)17-11-6-7-19-13(11)8-4-5-8/h1-3,8,11,13H,4-7,16H2,(H,17,18). The Kier molecular flexibility index (Phi) is 3.50. The van der Waals surface area contributed by atoms with Gasteiger partial charge in [0, 0.05) is 12.3 Å². The lowest BCUT2D eigenvalue weighted by molar-refractivity contribution is 0.0729. The third-order valence-electron chi connectivity index (χ3n) is 3.81. The highest BCUT2D eigenvalue weighted by Gasteiger charge is 2.41. The van der Waals surface area contributed by atoms with Crippen LogP contribution in [0.1, 0.15) is 29.6 Å². The highest BCUT2D eigenvalue weighted by Crippen LogP contribution is 2.38. The second-order valence-corrected chi connectivity index (χ2v) is 6.04. The molecule has 1 aliphatic carbocycles. The third kappa shape index (κ3) is 2.62. The first-order valence-corrected chi connectivity index (χ1v) is 7.42. The van der Waals surface area contributed by atoms with Crippen molar-refractivity contribution in [2.45, 2.75) is 31.4 Å². The van der Waals surface area contributed by atoms with E-state index >= 15 is 0 Å². The Balaban J connectivity index is 1.72. The molecule has 1 heterocycles. The lowest BCUT2D eigenvalue weighted by atomic mass is 10.1. The third-order valence-corrected chi connectivity index (χ3v) is 4.70. The largest absolute Gasteiger partial charge is 0.398 e. The lowest BCUT2D eigenvalue weighted by Gasteiger charge is -2.20. The van der Waals surface area contributed by atoms with Crippen LogP contribution >= 0.6 is 15.9 Å². The molecule has 19 heavy (non-hydrogen) atoms. The molecule has 0 bridgehead atoms. The SMILES string of the molecule is Nc1cccc(C(=O)NC2CCOC2C2CC2)c1Br. The summed E-state index contributed by atoms with van der Waals surface area (Å²) >= 11 is 3.37. The van der Waals surface area contributed by atoms with Crippen LogP contribution < -0.4 is 11.1 Å². The number of carbonyl (C=O) groups excluding carboxylic acids is 1. The highest BCUT2D eigenvalue weighted by atomic mass is 79.9. The van der Waals surface area contributed by atoms with Crippen LogP contribution in [0.2, 0.25) is 0 Å². The summed E-state index contributed by atoms with van der Waals surface area (Å²) in [4.78, 5) is 12.3. The molecule has 0 aromatic heterocycles. The maximum atomic E-state index is 12.3. The van der Waals surface area contributed by atoms with E-state index in [1.807, 2.05) is 0 Å². The average Bonchev–Trinajstić information content (AvgIpc) is 3.13. The Morgan fingerprint density at radius 1 is 1.37 bits per heavy atom. The molecule has 2 aliphatic rings. The number of amides is 1. The van der Waals surface area contributed by atoms with E-state index in [1.54, 1.807) is 18.2 Å². The van der Waals surface area contributed by atoms with Gasteiger partial charge in [0.2, 0.25) is 0 Å². The monoisotopic (exact) mass is 324 g/mol. The first-order valence-electron chi connectivity index (χ1n) is 6.63. The van der Waals surface area contributed by atoms with Crippen LogP contribution in [0.25, 0.3) is 0 Å². The van der Waals surface area contributed by atoms with Crippen molar-refractivity contribution in [1.29, 1.82) is 0 Å². The molecule has 1 amide bonds. The zero-order chi connectivity index (χ0) is 13.4. The summed E-state index contributed by atoms with van der Waals surface area (Å²) in [7, 11) is 0. The summed E-state index contributed by atoms with van der Waals surface area (Å²) in [5.74, 6) is 0.553. The second kappa shape index (κ2) is 5.13. The molecular formula is C14H17BrN2O2. The summed E-state index contributed by atoms with van der Waals surface area (Å²) < 4.78 is 6.39. The number of nitrogens with two attached hydrogens (primary N) is 1. The van der Waals surface area contributed by atoms with E-state index < -0.39 is 0 Å². The molecule has 0 spiro atoms. The maximum Gasteiger partial charge on any atom is 0.252 e. The zero-order valence-corrected chi connectivity index (χ0v) is 12.2. The molecule has 0 radical (unpaired) electrons. The van der Waals surface area contributed by atoms with E-state index in [0.717, 1.165) is 13.0 Å². The van der Waals surface area contributed by atoms with Crippen molar-refractivity contribution in [2.24, 2.45) is 5.92 Å². The van der Waals surface area contributed by atoms with Gasteiger partial charge in [-0.05, 0) is 53.2 Å². The fraction of sp³-hybridized carbons (Fsp3) is 0.500. The van der Waals surface area contributed by atoms with Crippen LogP contribution in [0.5, 0.6) is 0 Å². The van der Waals surface area contributed by atoms with Crippen LogP contribution in [0.4, 0.5) is 5.69 Å². The molecule has 1 aliphatic heterocycles. The summed E-state index contributed by atoms with van der Waals surface area (Å²) in [6.07, 6.45) is 3.54. The molecule has 2 unspecified atom stereocenters. The van der Waals surface area contributed by atoms with Crippen molar-refractivity contribution in [3.63, 3.8) is 0 Å². The molecular weight excluding hydrogens is 308 g/mol. The van der Waals surface area contributed by atoms with Crippen LogP contribution in [0.15, 0.2) is 22.7 Å². The molecule has 3 rings (SSSR count). The fourth-order valence-electron chi connectivity index (χ4n) is 2.63. The normalized spacial score (nSPS) is 26.4. The van der Waals surface area contributed by atoms with E-state index in [9.17, 15) is 4.79 Å². The summed E-state index contributed by atoms with van der Waals surface area (Å²) in [5.41, 5.74) is 6.96. The van der Waals surface area contributed by atoms with Gasteiger partial charge in [0.05, 0.1) is 22.2 Å². The van der Waals surface area contributed by atoms with Crippen molar-refractivity contribution in [3.8, 4) is 0 Å². The van der Waals surface area contributed by atoms with Crippen LogP contribution in [0.3, 0.4) is 0 Å². The van der Waals surface area contributed by atoms with Gasteiger partial charge >= 0.3 is 0 Å². The first kappa shape index (κ1) is 12.9. The van der Waals surface area contributed by atoms with Gasteiger partial charge in [-0.15, -0.1) is 0 Å². The predicted molar refractivity (Wildman–Crippen MR) is 76.9 cm³/mol. The Bertz CT molecular complexity index is 502. The molecule has 2 fully saturated rings. The number of nitrogen functional groups attached to an aromatic ring is 1. The quantitative estimate of drug-likeness (QED) is 0.839. The number of benzene rings is 1. The molecule has 1 aromatic rings. The molecule has 4 nitrogen and oxygen atoms in total. The molecule has 1 saturated carbocycles. The summed E-state index contributed by atoms with van der Waals surface area (Å²) in [6, 6.07) is 5.47. The molecule has 1 saturated heterocycles. The van der Waals surface area contributed by atoms with Gasteiger partial charge in [0.15, 0.2) is 0 Å². The van der Waals surface area contributed by atoms with Gasteiger partial charge in [0.25, 0.3) is 5.91 Å². The Hall–Kier alpha value is -1.07. The van der Waals surface area contributed by atoms with Gasteiger partial charge in [-0.3, -0.25) is 4.79 Å². The Morgan fingerprint density at radius 2 is 2.16 bits per heavy atom. The van der Waals surface area contributed by atoms with Crippen LogP contribution in [-0.2, 0) is 4.74 Å². The number of ether oxygens (including phenoxy) is 1. The minimum atomic E-state index is -0.0830. The lowest BCUT2D eigenvalue weighted by Crippen LogP contribution is -2.41. The smallest absolute Gasteiger partial charge is 0.252 e. The van der Waals surface area contributed by atoms with Gasteiger partial charge in [-0.2, -0.15) is 0 Å². The number of nitrogens with one attached hydrogen (secondary N) is 1. The minimum absolute atomic E-state index is 0.0830. The number of hydrogen-bond donors (Lipinski definition) is 2. The topological polar surface area (TPSA) is 64.4 Å². The van der Waals surface area contributed by atoms with Crippen molar-refractivity contribution in [3.05, 3.63) is 28.2 Å². The van der Waals surface area contributed by atoms with E-state index in [1.165, 1.54) is 12.8 Å². The predicted octanol–water partition coefficient (Wildman–Crippen LogP) is 2.33. The van der Waals surface area contributed by atoms with E-state index in [0.29, 0.717) is 21.6 Å². The van der Waals surface area contributed by atoms with Crippen LogP contribution in [0, 0.1) is 5.92 Å². The van der Waals surface area contributed by atoms with Crippen molar-refractivity contribution in [1.82, 2.24) is 5.32 Å². The number of carbonyl (C=O) groups is 1. The van der Waals surface area contributed by atoms with Gasteiger partial charge in [-0.1, -0.05) is 6.07 Å². The number of anilines is 1. The van der Waals surface area contributed by atoms with Crippen LogP contribution in [-0.4, -0.2) is 24.7 Å². The van der Waals surface area contributed by atoms with Gasteiger partial charge in [-0.25, -0.2) is 0 Å². The second-order valence-electron chi connectivity index (χ2n) is 5.25. The molecule has 5 heteroatoms. The Morgan fingerprint density at radius 3 is 2.89 bits per heavy atom. The van der Waals surface area contributed by atoms with E-state index in [-0.39, 0.29) is 18.1 Å². The van der Waals surface area contributed by atoms with Crippen molar-refractivity contribution in [2.75, 3.05) is 12.3 Å². The highest BCUT2D eigenvalue weighted by molar-refractivity contribution is 9.10. The van der Waals surface area contributed by atoms with E-state index in [2.05, 4.69) is 21.2 Å². The summed E-state index contributed by atoms with van der Waals surface area (Å²) in [6.45, 7) is 0.740. The van der Waals surface area contributed by atoms with E-state index in [4.69, 9.17) is 10.5 Å². The number of halogens is 1. The zero-order valence-electron chi connectivity index (χ0n) is 10.6. The van der Waals surface area contributed by atoms with Crippen molar-refractivity contribution >= 4 is 27.5 Å². The first-order chi connectivity index (χ1) is 9.16. The average molecular weight is 325 g/mol. The summed E-state index contributed by atoms with van der Waals surface area (Å²) in [5, 5.41) is 3.09. The molecule has 1 aromatic carbocycles. The van der Waals surface area contributed by atoms with Gasteiger partial charge in [0.1, 0.15) is 0 Å². The fourth-order valence-corrected chi connectivity index (χ4v) is 3.07. The minimum Gasteiger partial charge on any atom is -0.398 e. The maximum absolute atomic E-state index is 12.3. The molecule has 2 atom stereocenters. The number of hydrogen-bond acceptors (Lipinski definition) is 3. The van der Waals surface area contributed by atoms with Crippen molar-refractivity contribution < 1.29 is 9.53 Å². The van der Waals surface area contributed by atoms with Gasteiger partial charge < -0.3 is 15.8 Å². The number of rotatable bonds is 3. The Labute approximate surface area is 120 Å². The molecule has 3 N–H and O–H groups in total.